The Kier molecular flexibility index (Phi) is 2.28. The van der Waals surface area contributed by atoms with E-state index in [9.17, 15) is 5.21 Å². The Labute approximate surface area is 118 Å². The highest BCUT2D eigenvalue weighted by Gasteiger charge is 2.63. The van der Waals surface area contributed by atoms with E-state index in [1.54, 1.807) is 0 Å². The monoisotopic (exact) mass is 264 g/mol. The maximum absolute atomic E-state index is 12.5. The zero-order valence-electron chi connectivity index (χ0n) is 11.2. The van der Waals surface area contributed by atoms with Crippen molar-refractivity contribution in [2.24, 2.45) is 5.11 Å². The van der Waals surface area contributed by atoms with E-state index in [1.807, 2.05) is 48.5 Å². The lowest BCUT2D eigenvalue weighted by atomic mass is 9.85. The molecule has 1 aliphatic carbocycles. The second-order valence-corrected chi connectivity index (χ2v) is 5.84. The molecule has 1 aliphatic heterocycles. The molecule has 20 heavy (non-hydrogen) atoms. The third-order valence-electron chi connectivity index (χ3n) is 4.81. The highest BCUT2D eigenvalue weighted by Crippen LogP contribution is 2.58. The summed E-state index contributed by atoms with van der Waals surface area (Å²) >= 11 is 0. The summed E-state index contributed by atoms with van der Waals surface area (Å²) in [6.07, 6.45) is 2.61. The molecule has 1 fully saturated rings. The number of hydrogen-bond donors (Lipinski definition) is 0. The third-order valence-corrected chi connectivity index (χ3v) is 4.81. The molecule has 2 bridgehead atoms. The highest BCUT2D eigenvalue weighted by molar-refractivity contribution is 5.33. The van der Waals surface area contributed by atoms with Gasteiger partial charge in [0.2, 0.25) is 5.54 Å². The van der Waals surface area contributed by atoms with E-state index in [4.69, 9.17) is 0 Å². The number of fused-ring (bicyclic) bond motifs is 2. The van der Waals surface area contributed by atoms with Gasteiger partial charge < -0.3 is 5.21 Å². The summed E-state index contributed by atoms with van der Waals surface area (Å²) in [5.41, 5.74) is 1.47. The first-order valence-corrected chi connectivity index (χ1v) is 7.07. The molecule has 0 radical (unpaired) electrons. The quantitative estimate of drug-likeness (QED) is 0.598. The van der Waals surface area contributed by atoms with Crippen LogP contribution in [0.1, 0.15) is 30.4 Å². The van der Waals surface area contributed by atoms with E-state index in [1.165, 1.54) is 0 Å². The van der Waals surface area contributed by atoms with Crippen molar-refractivity contribution in [2.45, 2.75) is 30.3 Å². The first-order chi connectivity index (χ1) is 9.75. The summed E-state index contributed by atoms with van der Waals surface area (Å²) in [7, 11) is 0. The van der Waals surface area contributed by atoms with Gasteiger partial charge in [0.1, 0.15) is 0 Å². The Bertz CT molecular complexity index is 668. The first kappa shape index (κ1) is 11.6. The molecule has 0 amide bonds. The molecule has 0 N–H and O–H groups in total. The molecule has 2 aromatic carbocycles. The standard InChI is InChI=1S/C17H16N2O/c20-19-17(15-9-5-2-6-10-15)12-11-16(13-17,18-19)14-7-3-1-4-8-14/h1-10H,11-13H2. The molecule has 2 unspecified atom stereocenters. The SMILES string of the molecule is [O-][N+]1=NC2(c3ccccc3)CCC1(c1ccccc1)C2. The second-order valence-electron chi connectivity index (χ2n) is 5.84. The van der Waals surface area contributed by atoms with Gasteiger partial charge in [-0.1, -0.05) is 65.5 Å². The van der Waals surface area contributed by atoms with Crippen molar-refractivity contribution in [2.75, 3.05) is 0 Å². The molecule has 0 aromatic heterocycles. The van der Waals surface area contributed by atoms with Gasteiger partial charge in [0.15, 0.2) is 5.54 Å². The predicted molar refractivity (Wildman–Crippen MR) is 76.1 cm³/mol. The molecule has 0 saturated heterocycles. The summed E-state index contributed by atoms with van der Waals surface area (Å²) in [6.45, 7) is 0. The molecule has 2 aliphatic rings. The van der Waals surface area contributed by atoms with Crippen LogP contribution < -0.4 is 0 Å². The maximum Gasteiger partial charge on any atom is 0.227 e. The topological polar surface area (TPSA) is 38.4 Å². The van der Waals surface area contributed by atoms with E-state index in [0.717, 1.165) is 35.3 Å². The van der Waals surface area contributed by atoms with Gasteiger partial charge in [-0.2, -0.15) is 0 Å². The Morgan fingerprint density at radius 1 is 0.850 bits per heavy atom. The highest BCUT2D eigenvalue weighted by atomic mass is 16.5. The van der Waals surface area contributed by atoms with Crippen molar-refractivity contribution in [3.8, 4) is 0 Å². The van der Waals surface area contributed by atoms with Crippen LogP contribution in [0.2, 0.25) is 0 Å². The van der Waals surface area contributed by atoms with Crippen molar-refractivity contribution in [3.63, 3.8) is 0 Å². The second kappa shape index (κ2) is 3.92. The average Bonchev–Trinajstić information content (AvgIpc) is 3.04. The molecule has 3 nitrogen and oxygen atoms in total. The zero-order chi connectivity index (χ0) is 13.6. The summed E-state index contributed by atoms with van der Waals surface area (Å²) in [6, 6.07) is 20.3. The van der Waals surface area contributed by atoms with Crippen LogP contribution in [0.15, 0.2) is 65.8 Å². The van der Waals surface area contributed by atoms with Gasteiger partial charge in [0, 0.05) is 12.0 Å². The fourth-order valence-corrected chi connectivity index (χ4v) is 3.75. The van der Waals surface area contributed by atoms with E-state index in [-0.39, 0.29) is 5.54 Å². The molecule has 1 saturated carbocycles. The summed E-state index contributed by atoms with van der Waals surface area (Å²) in [5, 5.41) is 17.0. The van der Waals surface area contributed by atoms with Gasteiger partial charge in [0.05, 0.1) is 6.42 Å². The molecule has 2 aromatic rings. The molecule has 3 heteroatoms. The van der Waals surface area contributed by atoms with Gasteiger partial charge in [-0.05, 0) is 17.1 Å². The smallest absolute Gasteiger partial charge is 0.227 e. The van der Waals surface area contributed by atoms with Crippen LogP contribution in [0.4, 0.5) is 0 Å². The van der Waals surface area contributed by atoms with Crippen LogP contribution in [0, 0.1) is 5.21 Å². The van der Waals surface area contributed by atoms with Crippen molar-refractivity contribution in [1.82, 2.24) is 0 Å². The van der Waals surface area contributed by atoms with Crippen molar-refractivity contribution in [3.05, 3.63) is 77.0 Å². The summed E-state index contributed by atoms with van der Waals surface area (Å²) in [5.74, 6) is 0. The molecule has 0 spiro atoms. The molecular formula is C17H16N2O. The van der Waals surface area contributed by atoms with Crippen LogP contribution in [0.3, 0.4) is 0 Å². The van der Waals surface area contributed by atoms with Gasteiger partial charge in [-0.3, -0.25) is 0 Å². The first-order valence-electron chi connectivity index (χ1n) is 7.07. The van der Waals surface area contributed by atoms with E-state index in [2.05, 4.69) is 17.2 Å². The number of azo groups is 1. The van der Waals surface area contributed by atoms with Crippen LogP contribution >= 0.6 is 0 Å². The normalized spacial score (nSPS) is 31.3. The lowest BCUT2D eigenvalue weighted by Crippen LogP contribution is -2.30. The average molecular weight is 264 g/mol. The largest absolute Gasteiger partial charge is 0.599 e. The molecule has 100 valence electrons. The fraction of sp³-hybridized carbons (Fsp3) is 0.294. The minimum atomic E-state index is -0.461. The number of rotatable bonds is 2. The Morgan fingerprint density at radius 2 is 1.45 bits per heavy atom. The summed E-state index contributed by atoms with van der Waals surface area (Å²) in [4.78, 5) is 0.971. The van der Waals surface area contributed by atoms with Crippen LogP contribution in [-0.4, -0.2) is 4.86 Å². The van der Waals surface area contributed by atoms with E-state index < -0.39 is 5.54 Å². The van der Waals surface area contributed by atoms with Crippen LogP contribution in [0.25, 0.3) is 0 Å². The Hall–Kier alpha value is -2.16. The number of nitrogens with zero attached hydrogens (tertiary/aromatic N) is 2. The summed E-state index contributed by atoms with van der Waals surface area (Å²) < 4.78 is 0. The van der Waals surface area contributed by atoms with Crippen LogP contribution in [0.5, 0.6) is 0 Å². The molecular weight excluding hydrogens is 248 g/mol. The lowest BCUT2D eigenvalue weighted by molar-refractivity contribution is -0.611. The van der Waals surface area contributed by atoms with Crippen molar-refractivity contribution >= 4 is 0 Å². The van der Waals surface area contributed by atoms with Crippen molar-refractivity contribution < 1.29 is 4.86 Å². The fourth-order valence-electron chi connectivity index (χ4n) is 3.75. The molecule has 1 heterocycles. The van der Waals surface area contributed by atoms with Crippen LogP contribution in [-0.2, 0) is 11.1 Å². The third kappa shape index (κ3) is 1.40. The van der Waals surface area contributed by atoms with Gasteiger partial charge in [-0.25, -0.2) is 0 Å². The maximum atomic E-state index is 12.5. The van der Waals surface area contributed by atoms with Gasteiger partial charge in [0.25, 0.3) is 0 Å². The number of hydrogen-bond acceptors (Lipinski definition) is 2. The minimum Gasteiger partial charge on any atom is -0.599 e. The predicted octanol–water partition coefficient (Wildman–Crippen LogP) is 3.94. The number of hydroxylamine groups is 1. The van der Waals surface area contributed by atoms with E-state index >= 15 is 0 Å². The molecule has 2 atom stereocenters. The lowest BCUT2D eigenvalue weighted by Gasteiger charge is -2.23. The Morgan fingerprint density at radius 3 is 2.05 bits per heavy atom. The minimum absolute atomic E-state index is 0.321. The van der Waals surface area contributed by atoms with Crippen molar-refractivity contribution in [1.29, 1.82) is 0 Å². The van der Waals surface area contributed by atoms with Gasteiger partial charge in [-0.15, -0.1) is 0 Å². The Balaban J connectivity index is 1.81. The number of benzene rings is 2. The molecule has 4 rings (SSSR count). The zero-order valence-corrected chi connectivity index (χ0v) is 11.2. The van der Waals surface area contributed by atoms with E-state index in [0.29, 0.717) is 0 Å². The van der Waals surface area contributed by atoms with Gasteiger partial charge >= 0.3 is 0 Å².